The number of hydrogen-bond acceptors (Lipinski definition) is 11. The largest absolute Gasteiger partial charge is 0.467 e. The van der Waals surface area contributed by atoms with Crippen molar-refractivity contribution < 1.29 is 17.7 Å². The van der Waals surface area contributed by atoms with Gasteiger partial charge in [-0.25, -0.2) is 18.4 Å². The van der Waals surface area contributed by atoms with E-state index in [2.05, 4.69) is 26.9 Å². The maximum absolute atomic E-state index is 11.9. The SMILES string of the molecule is CCc1noc(N2CCC([C@H](C)Oc3nc4ccc(C5=CC=C(S(C)(=O)=O)N(C)C5)nc4s3)CC2)n1. The number of aryl methyl sites for hydroxylation is 1. The molecule has 0 amide bonds. The van der Waals surface area contributed by atoms with Crippen molar-refractivity contribution in [2.24, 2.45) is 5.92 Å². The third-order valence-corrected chi connectivity index (χ3v) is 8.75. The van der Waals surface area contributed by atoms with Crippen LogP contribution in [-0.2, 0) is 16.3 Å². The molecule has 10 nitrogen and oxygen atoms in total. The number of ether oxygens (including phenoxy) is 1. The van der Waals surface area contributed by atoms with Crippen LogP contribution in [0.15, 0.2) is 33.8 Å². The van der Waals surface area contributed by atoms with E-state index in [0.717, 1.165) is 59.8 Å². The first kappa shape index (κ1) is 24.7. The van der Waals surface area contributed by atoms with Crippen LogP contribution in [0.4, 0.5) is 6.01 Å². The Balaban J connectivity index is 1.24. The van der Waals surface area contributed by atoms with Crippen LogP contribution in [0.2, 0.25) is 0 Å². The van der Waals surface area contributed by atoms with Crippen molar-refractivity contribution in [3.63, 3.8) is 0 Å². The summed E-state index contributed by atoms with van der Waals surface area (Å²) >= 11 is 1.44. The fourth-order valence-corrected chi connectivity index (χ4v) is 6.43. The summed E-state index contributed by atoms with van der Waals surface area (Å²) in [6.45, 7) is 6.29. The van der Waals surface area contributed by atoms with Gasteiger partial charge in [0.15, 0.2) is 15.7 Å². The van der Waals surface area contributed by atoms with Crippen molar-refractivity contribution in [1.29, 1.82) is 0 Å². The molecule has 5 heterocycles. The van der Waals surface area contributed by atoms with Gasteiger partial charge < -0.3 is 19.1 Å². The van der Waals surface area contributed by atoms with E-state index in [1.54, 1.807) is 18.0 Å². The Hall–Kier alpha value is -2.99. The van der Waals surface area contributed by atoms with Crippen molar-refractivity contribution in [3.8, 4) is 5.19 Å². The van der Waals surface area contributed by atoms with Crippen molar-refractivity contribution in [3.05, 3.63) is 40.8 Å². The van der Waals surface area contributed by atoms with Crippen LogP contribution in [-0.4, -0.2) is 72.5 Å². The van der Waals surface area contributed by atoms with Gasteiger partial charge >= 0.3 is 6.01 Å². The minimum Gasteiger partial charge on any atom is -0.467 e. The number of rotatable bonds is 7. The molecule has 0 saturated carbocycles. The number of aromatic nitrogens is 4. The topological polar surface area (TPSA) is 115 Å². The summed E-state index contributed by atoms with van der Waals surface area (Å²) < 4.78 is 35.5. The molecule has 0 spiro atoms. The number of thiazole rings is 1. The standard InChI is InChI=1S/C24H30N6O4S2/c1-5-20-27-23(34-28-20)30-12-10-16(11-13-30)15(2)33-24-26-19-8-7-18(25-22(19)35-24)17-6-9-21(29(3)14-17)36(4,31)32/h6-9,15-16H,5,10-14H2,1-4H3/t15-/m0/s1. The van der Waals surface area contributed by atoms with E-state index < -0.39 is 9.84 Å². The molecule has 2 aliphatic heterocycles. The van der Waals surface area contributed by atoms with Crippen LogP contribution in [0.25, 0.3) is 15.9 Å². The van der Waals surface area contributed by atoms with Gasteiger partial charge in [0.1, 0.15) is 21.5 Å². The molecule has 3 aromatic rings. The van der Waals surface area contributed by atoms with E-state index in [0.29, 0.717) is 28.7 Å². The fourth-order valence-electron chi connectivity index (χ4n) is 4.62. The third-order valence-electron chi connectivity index (χ3n) is 6.69. The minimum absolute atomic E-state index is 0.0234. The zero-order chi connectivity index (χ0) is 25.4. The Bertz CT molecular complexity index is 1420. The Morgan fingerprint density at radius 1 is 1.19 bits per heavy atom. The Kier molecular flexibility index (Phi) is 6.73. The number of piperidine rings is 1. The number of nitrogens with zero attached hydrogens (tertiary/aromatic N) is 6. The molecular weight excluding hydrogens is 500 g/mol. The summed E-state index contributed by atoms with van der Waals surface area (Å²) in [5.74, 6) is 1.14. The molecule has 0 aliphatic carbocycles. The summed E-state index contributed by atoms with van der Waals surface area (Å²) in [5.41, 5.74) is 2.55. The summed E-state index contributed by atoms with van der Waals surface area (Å²) in [6, 6.07) is 4.47. The molecule has 0 bridgehead atoms. The van der Waals surface area contributed by atoms with E-state index >= 15 is 0 Å². The zero-order valence-corrected chi connectivity index (χ0v) is 22.5. The van der Waals surface area contributed by atoms with Gasteiger partial charge in [-0.3, -0.25) is 0 Å². The second-order valence-corrected chi connectivity index (χ2v) is 12.2. The number of fused-ring (bicyclic) bond motifs is 1. The minimum atomic E-state index is -3.27. The van der Waals surface area contributed by atoms with E-state index in [9.17, 15) is 8.42 Å². The molecule has 0 unspecified atom stereocenters. The van der Waals surface area contributed by atoms with Crippen molar-refractivity contribution in [1.82, 2.24) is 25.0 Å². The monoisotopic (exact) mass is 530 g/mol. The predicted octanol–water partition coefficient (Wildman–Crippen LogP) is 3.54. The molecule has 0 radical (unpaired) electrons. The summed E-state index contributed by atoms with van der Waals surface area (Å²) in [5, 5.41) is 4.92. The Morgan fingerprint density at radius 3 is 2.64 bits per heavy atom. The summed E-state index contributed by atoms with van der Waals surface area (Å²) in [7, 11) is -1.50. The highest BCUT2D eigenvalue weighted by Crippen LogP contribution is 2.32. The molecule has 1 atom stereocenters. The second-order valence-electron chi connectivity index (χ2n) is 9.32. The molecule has 0 N–H and O–H groups in total. The van der Waals surface area contributed by atoms with Crippen LogP contribution >= 0.6 is 11.3 Å². The molecule has 2 aliphatic rings. The van der Waals surface area contributed by atoms with Gasteiger partial charge in [0.25, 0.3) is 5.19 Å². The fraction of sp³-hybridized carbons (Fsp3) is 0.500. The normalized spacial score (nSPS) is 18.3. The third kappa shape index (κ3) is 5.10. The number of hydrogen-bond donors (Lipinski definition) is 0. The lowest BCUT2D eigenvalue weighted by atomic mass is 9.92. The molecule has 36 heavy (non-hydrogen) atoms. The van der Waals surface area contributed by atoms with Crippen molar-refractivity contribution >= 4 is 43.1 Å². The molecular formula is C24H30N6O4S2. The summed E-state index contributed by atoms with van der Waals surface area (Å²) in [6.07, 6.45) is 7.42. The van der Waals surface area contributed by atoms with Gasteiger partial charge in [-0.05, 0) is 49.5 Å². The van der Waals surface area contributed by atoms with E-state index in [-0.39, 0.29) is 6.10 Å². The average Bonchev–Trinajstić information content (AvgIpc) is 3.49. The highest BCUT2D eigenvalue weighted by Gasteiger charge is 2.28. The van der Waals surface area contributed by atoms with Crippen LogP contribution in [0.3, 0.4) is 0 Å². The van der Waals surface area contributed by atoms with E-state index in [4.69, 9.17) is 14.2 Å². The lowest BCUT2D eigenvalue weighted by molar-refractivity contribution is 0.131. The van der Waals surface area contributed by atoms with Gasteiger partial charge in [0.2, 0.25) is 0 Å². The zero-order valence-electron chi connectivity index (χ0n) is 20.8. The van der Waals surface area contributed by atoms with Gasteiger partial charge in [0, 0.05) is 39.4 Å². The van der Waals surface area contributed by atoms with Crippen LogP contribution in [0, 0.1) is 5.92 Å². The first-order chi connectivity index (χ1) is 17.2. The maximum Gasteiger partial charge on any atom is 0.324 e. The number of anilines is 1. The molecule has 192 valence electrons. The van der Waals surface area contributed by atoms with Crippen molar-refractivity contribution in [2.75, 3.05) is 37.8 Å². The Labute approximate surface area is 214 Å². The van der Waals surface area contributed by atoms with Crippen LogP contribution in [0.1, 0.15) is 38.2 Å². The number of likely N-dealkylation sites (N-methyl/N-ethyl adjacent to an activating group) is 1. The van der Waals surface area contributed by atoms with Gasteiger partial charge in [-0.15, -0.1) is 0 Å². The highest BCUT2D eigenvalue weighted by molar-refractivity contribution is 7.94. The number of sulfone groups is 1. The van der Waals surface area contributed by atoms with Crippen LogP contribution < -0.4 is 9.64 Å². The van der Waals surface area contributed by atoms with Gasteiger partial charge in [0.05, 0.1) is 5.69 Å². The lowest BCUT2D eigenvalue weighted by Crippen LogP contribution is -2.38. The smallest absolute Gasteiger partial charge is 0.324 e. The second kappa shape index (κ2) is 9.81. The number of pyridine rings is 1. The molecule has 5 rings (SSSR count). The first-order valence-electron chi connectivity index (χ1n) is 12.1. The molecule has 1 fully saturated rings. The van der Waals surface area contributed by atoms with E-state index in [1.807, 2.05) is 25.1 Å². The molecule has 1 saturated heterocycles. The van der Waals surface area contributed by atoms with Crippen molar-refractivity contribution in [2.45, 2.75) is 39.2 Å². The first-order valence-corrected chi connectivity index (χ1v) is 14.8. The van der Waals surface area contributed by atoms with Gasteiger partial charge in [-0.2, -0.15) is 4.98 Å². The average molecular weight is 531 g/mol. The van der Waals surface area contributed by atoms with Crippen LogP contribution in [0.5, 0.6) is 5.19 Å². The maximum atomic E-state index is 11.9. The molecule has 3 aromatic heterocycles. The molecule has 12 heteroatoms. The van der Waals surface area contributed by atoms with Gasteiger partial charge in [-0.1, -0.05) is 29.5 Å². The quantitative estimate of drug-likeness (QED) is 0.449. The predicted molar refractivity (Wildman–Crippen MR) is 140 cm³/mol. The molecule has 0 aromatic carbocycles. The Morgan fingerprint density at radius 2 is 1.97 bits per heavy atom. The number of allylic oxidation sites excluding steroid dienone is 2. The highest BCUT2D eigenvalue weighted by atomic mass is 32.2. The van der Waals surface area contributed by atoms with E-state index in [1.165, 1.54) is 17.6 Å². The summed E-state index contributed by atoms with van der Waals surface area (Å²) in [4.78, 5) is 18.5. The lowest BCUT2D eigenvalue weighted by Gasteiger charge is -2.33.